The Bertz CT molecular complexity index is 595. The van der Waals surface area contributed by atoms with E-state index < -0.39 is 6.10 Å². The van der Waals surface area contributed by atoms with Crippen molar-refractivity contribution >= 4 is 5.71 Å². The minimum atomic E-state index is -0.631. The standard InChI is InChI=1S/C19H25N3O2/c1-19(2,3)21-13-16(23)14-24-22-18(15-9-5-4-6-10-15)17-11-7-8-12-20-17/h4-12,16,21,23H,13-14H2,1-3H3. The van der Waals surface area contributed by atoms with E-state index in [1.165, 1.54) is 0 Å². The number of aromatic nitrogens is 1. The Morgan fingerprint density at radius 3 is 2.50 bits per heavy atom. The molecule has 24 heavy (non-hydrogen) atoms. The second-order valence-corrected chi connectivity index (χ2v) is 6.60. The smallest absolute Gasteiger partial charge is 0.144 e. The molecule has 0 bridgehead atoms. The van der Waals surface area contributed by atoms with Gasteiger partial charge in [-0.2, -0.15) is 0 Å². The highest BCUT2D eigenvalue weighted by atomic mass is 16.6. The number of oxime groups is 1. The van der Waals surface area contributed by atoms with Gasteiger partial charge >= 0.3 is 0 Å². The maximum Gasteiger partial charge on any atom is 0.144 e. The second-order valence-electron chi connectivity index (χ2n) is 6.60. The van der Waals surface area contributed by atoms with Gasteiger partial charge in [0.2, 0.25) is 0 Å². The molecule has 5 heteroatoms. The molecule has 1 unspecified atom stereocenters. The summed E-state index contributed by atoms with van der Waals surface area (Å²) in [5.41, 5.74) is 2.24. The fourth-order valence-electron chi connectivity index (χ4n) is 2.02. The molecule has 0 saturated carbocycles. The molecule has 2 N–H and O–H groups in total. The zero-order valence-corrected chi connectivity index (χ0v) is 14.4. The molecule has 0 fully saturated rings. The molecule has 0 aliphatic carbocycles. The summed E-state index contributed by atoms with van der Waals surface area (Å²) in [6, 6.07) is 15.4. The molecule has 2 aromatic rings. The van der Waals surface area contributed by atoms with E-state index in [9.17, 15) is 5.11 Å². The van der Waals surface area contributed by atoms with Crippen LogP contribution in [0.2, 0.25) is 0 Å². The largest absolute Gasteiger partial charge is 0.392 e. The van der Waals surface area contributed by atoms with Crippen LogP contribution in [0.5, 0.6) is 0 Å². The van der Waals surface area contributed by atoms with Crippen LogP contribution in [-0.4, -0.2) is 40.6 Å². The van der Waals surface area contributed by atoms with Crippen molar-refractivity contribution in [1.82, 2.24) is 10.3 Å². The summed E-state index contributed by atoms with van der Waals surface area (Å²) in [7, 11) is 0. The summed E-state index contributed by atoms with van der Waals surface area (Å²) >= 11 is 0. The third kappa shape index (κ3) is 6.10. The summed E-state index contributed by atoms with van der Waals surface area (Å²) in [5.74, 6) is 0. The first-order valence-corrected chi connectivity index (χ1v) is 8.05. The van der Waals surface area contributed by atoms with E-state index in [1.807, 2.05) is 69.3 Å². The Labute approximate surface area is 143 Å². The molecule has 128 valence electrons. The van der Waals surface area contributed by atoms with Crippen molar-refractivity contribution in [2.45, 2.75) is 32.4 Å². The number of nitrogens with zero attached hydrogens (tertiary/aromatic N) is 2. The van der Waals surface area contributed by atoms with Crippen LogP contribution >= 0.6 is 0 Å². The lowest BCUT2D eigenvalue weighted by Crippen LogP contribution is -2.42. The second kappa shape index (κ2) is 8.57. The SMILES string of the molecule is CC(C)(C)NCC(O)CON=C(c1ccccc1)c1ccccn1. The fraction of sp³-hybridized carbons (Fsp3) is 0.368. The Kier molecular flexibility index (Phi) is 6.46. The van der Waals surface area contributed by atoms with Gasteiger partial charge in [-0.05, 0) is 32.9 Å². The van der Waals surface area contributed by atoms with Crippen molar-refractivity contribution in [2.24, 2.45) is 5.16 Å². The number of nitrogens with one attached hydrogen (secondary N) is 1. The van der Waals surface area contributed by atoms with Crippen LogP contribution in [0.4, 0.5) is 0 Å². The van der Waals surface area contributed by atoms with Crippen molar-refractivity contribution < 1.29 is 9.94 Å². The topological polar surface area (TPSA) is 66.7 Å². The number of pyridine rings is 1. The van der Waals surface area contributed by atoms with Gasteiger partial charge in [0.15, 0.2) is 0 Å². The van der Waals surface area contributed by atoms with Crippen LogP contribution in [-0.2, 0) is 4.84 Å². The van der Waals surface area contributed by atoms with Crippen molar-refractivity contribution in [3.8, 4) is 0 Å². The molecule has 5 nitrogen and oxygen atoms in total. The minimum Gasteiger partial charge on any atom is -0.392 e. The average Bonchev–Trinajstić information content (AvgIpc) is 2.58. The van der Waals surface area contributed by atoms with Gasteiger partial charge in [0.05, 0.1) is 5.69 Å². The monoisotopic (exact) mass is 327 g/mol. The molecule has 1 heterocycles. The molecule has 0 radical (unpaired) electrons. The first kappa shape index (κ1) is 18.1. The highest BCUT2D eigenvalue weighted by molar-refractivity contribution is 6.11. The summed E-state index contributed by atoms with van der Waals surface area (Å²) < 4.78 is 0. The van der Waals surface area contributed by atoms with E-state index in [0.29, 0.717) is 12.3 Å². The first-order valence-electron chi connectivity index (χ1n) is 8.05. The Morgan fingerprint density at radius 2 is 1.88 bits per heavy atom. The number of rotatable bonds is 7. The molecule has 2 rings (SSSR count). The predicted molar refractivity (Wildman–Crippen MR) is 96.0 cm³/mol. The van der Waals surface area contributed by atoms with E-state index in [2.05, 4.69) is 15.5 Å². The summed E-state index contributed by atoms with van der Waals surface area (Å²) in [5, 5.41) is 17.4. The van der Waals surface area contributed by atoms with Gasteiger partial charge in [0, 0.05) is 23.8 Å². The lowest BCUT2D eigenvalue weighted by atomic mass is 10.1. The first-order chi connectivity index (χ1) is 11.5. The highest BCUT2D eigenvalue weighted by Gasteiger charge is 2.13. The van der Waals surface area contributed by atoms with Crippen LogP contribution in [0.25, 0.3) is 0 Å². The molecular formula is C19H25N3O2. The Balaban J connectivity index is 2.04. The van der Waals surface area contributed by atoms with Crippen molar-refractivity contribution in [3.63, 3.8) is 0 Å². The molecule has 1 atom stereocenters. The van der Waals surface area contributed by atoms with E-state index in [0.717, 1.165) is 11.3 Å². The maximum atomic E-state index is 9.99. The minimum absolute atomic E-state index is 0.0482. The van der Waals surface area contributed by atoms with Gasteiger partial charge < -0.3 is 15.3 Å². The molecule has 0 saturated heterocycles. The zero-order chi connectivity index (χ0) is 17.4. The number of benzene rings is 1. The highest BCUT2D eigenvalue weighted by Crippen LogP contribution is 2.09. The summed E-state index contributed by atoms with van der Waals surface area (Å²) in [6.45, 7) is 6.71. The summed E-state index contributed by atoms with van der Waals surface area (Å²) in [6.07, 6.45) is 1.09. The van der Waals surface area contributed by atoms with E-state index in [4.69, 9.17) is 4.84 Å². The molecular weight excluding hydrogens is 302 g/mol. The van der Waals surface area contributed by atoms with Gasteiger partial charge in [-0.1, -0.05) is 41.6 Å². The van der Waals surface area contributed by atoms with E-state index in [1.54, 1.807) is 6.20 Å². The van der Waals surface area contributed by atoms with E-state index >= 15 is 0 Å². The number of hydrogen-bond acceptors (Lipinski definition) is 5. The van der Waals surface area contributed by atoms with Crippen molar-refractivity contribution in [2.75, 3.05) is 13.2 Å². The quantitative estimate of drug-likeness (QED) is 0.606. The maximum absolute atomic E-state index is 9.99. The van der Waals surface area contributed by atoms with Crippen LogP contribution in [0.1, 0.15) is 32.0 Å². The van der Waals surface area contributed by atoms with E-state index in [-0.39, 0.29) is 12.1 Å². The Hall–Kier alpha value is -2.24. The predicted octanol–water partition coefficient (Wildman–Crippen LogP) is 2.60. The fourth-order valence-corrected chi connectivity index (χ4v) is 2.02. The van der Waals surface area contributed by atoms with Gasteiger partial charge in [-0.3, -0.25) is 4.98 Å². The Morgan fingerprint density at radius 1 is 1.17 bits per heavy atom. The number of hydrogen-bond donors (Lipinski definition) is 2. The molecule has 0 amide bonds. The van der Waals surface area contributed by atoms with Crippen LogP contribution in [0, 0.1) is 0 Å². The van der Waals surface area contributed by atoms with Crippen molar-refractivity contribution in [3.05, 3.63) is 66.0 Å². The van der Waals surface area contributed by atoms with Crippen LogP contribution in [0.3, 0.4) is 0 Å². The lowest BCUT2D eigenvalue weighted by Gasteiger charge is -2.22. The third-order valence-corrected chi connectivity index (χ3v) is 3.25. The van der Waals surface area contributed by atoms with Gasteiger partial charge in [-0.15, -0.1) is 0 Å². The van der Waals surface area contributed by atoms with Gasteiger partial charge in [-0.25, -0.2) is 0 Å². The van der Waals surface area contributed by atoms with Crippen molar-refractivity contribution in [1.29, 1.82) is 0 Å². The van der Waals surface area contributed by atoms with Crippen LogP contribution in [0.15, 0.2) is 59.9 Å². The zero-order valence-electron chi connectivity index (χ0n) is 14.4. The summed E-state index contributed by atoms with van der Waals surface area (Å²) in [4.78, 5) is 9.73. The molecule has 1 aromatic heterocycles. The number of aliphatic hydroxyl groups is 1. The molecule has 1 aromatic carbocycles. The lowest BCUT2D eigenvalue weighted by molar-refractivity contribution is 0.0374. The number of aliphatic hydroxyl groups excluding tert-OH is 1. The third-order valence-electron chi connectivity index (χ3n) is 3.25. The number of β-amino-alcohol motifs (C(OH)–C–C–N with tert-alkyl or cyclic N) is 1. The molecule has 0 spiro atoms. The molecule has 0 aliphatic heterocycles. The van der Waals surface area contributed by atoms with Crippen LogP contribution < -0.4 is 5.32 Å². The normalized spacial score (nSPS) is 13.6. The molecule has 0 aliphatic rings. The van der Waals surface area contributed by atoms with Gasteiger partial charge in [0.1, 0.15) is 18.4 Å². The average molecular weight is 327 g/mol. The van der Waals surface area contributed by atoms with Gasteiger partial charge in [0.25, 0.3) is 0 Å².